The van der Waals surface area contributed by atoms with E-state index in [0.29, 0.717) is 35.3 Å². The van der Waals surface area contributed by atoms with Crippen molar-refractivity contribution in [2.24, 2.45) is 0 Å². The first-order valence-corrected chi connectivity index (χ1v) is 7.71. The Labute approximate surface area is 140 Å². The number of aromatic nitrogens is 2. The standard InChI is InChI=1S/C17H19ClN2O3/c1-4-23-16(21)10-14-11(2)19-15(20-17(14)18)9-12-5-7-13(22-3)8-6-12/h5-8H,4,9-10H2,1-3H3. The number of hydrogen-bond acceptors (Lipinski definition) is 5. The molecular weight excluding hydrogens is 316 g/mol. The van der Waals surface area contributed by atoms with E-state index in [0.717, 1.165) is 11.3 Å². The number of halogens is 1. The SMILES string of the molecule is CCOC(=O)Cc1c(C)nc(Cc2ccc(OC)cc2)nc1Cl. The number of aryl methyl sites for hydroxylation is 1. The minimum Gasteiger partial charge on any atom is -0.497 e. The van der Waals surface area contributed by atoms with Gasteiger partial charge in [-0.3, -0.25) is 4.79 Å². The van der Waals surface area contributed by atoms with Gasteiger partial charge in [0.15, 0.2) is 0 Å². The van der Waals surface area contributed by atoms with Gasteiger partial charge in [-0.05, 0) is 31.5 Å². The monoisotopic (exact) mass is 334 g/mol. The molecule has 0 unspecified atom stereocenters. The highest BCUT2D eigenvalue weighted by molar-refractivity contribution is 6.30. The molecule has 1 heterocycles. The van der Waals surface area contributed by atoms with Crippen LogP contribution in [0, 0.1) is 6.92 Å². The Kier molecular flexibility index (Phi) is 5.93. The Morgan fingerprint density at radius 2 is 1.91 bits per heavy atom. The van der Waals surface area contributed by atoms with Crippen molar-refractivity contribution in [3.63, 3.8) is 0 Å². The van der Waals surface area contributed by atoms with E-state index in [1.54, 1.807) is 14.0 Å². The number of carbonyl (C=O) groups is 1. The Morgan fingerprint density at radius 3 is 2.48 bits per heavy atom. The predicted octanol–water partition coefficient (Wildman–Crippen LogP) is 3.14. The van der Waals surface area contributed by atoms with Crippen molar-refractivity contribution in [3.05, 3.63) is 52.1 Å². The van der Waals surface area contributed by atoms with Crippen LogP contribution in [0.5, 0.6) is 5.75 Å². The van der Waals surface area contributed by atoms with Crippen molar-refractivity contribution in [3.8, 4) is 5.75 Å². The lowest BCUT2D eigenvalue weighted by Crippen LogP contribution is -2.12. The van der Waals surface area contributed by atoms with Crippen LogP contribution in [-0.4, -0.2) is 29.7 Å². The van der Waals surface area contributed by atoms with Gasteiger partial charge in [-0.1, -0.05) is 23.7 Å². The molecule has 1 aromatic carbocycles. The number of methoxy groups -OCH3 is 1. The summed E-state index contributed by atoms with van der Waals surface area (Å²) in [5.74, 6) is 1.09. The molecule has 2 rings (SSSR count). The van der Waals surface area contributed by atoms with Crippen LogP contribution < -0.4 is 4.74 Å². The molecule has 0 aliphatic rings. The zero-order chi connectivity index (χ0) is 16.8. The third-order valence-corrected chi connectivity index (χ3v) is 3.67. The normalized spacial score (nSPS) is 10.4. The van der Waals surface area contributed by atoms with Crippen molar-refractivity contribution in [2.45, 2.75) is 26.7 Å². The summed E-state index contributed by atoms with van der Waals surface area (Å²) in [7, 11) is 1.63. The molecule has 6 heteroatoms. The highest BCUT2D eigenvalue weighted by atomic mass is 35.5. The summed E-state index contributed by atoms with van der Waals surface area (Å²) in [5.41, 5.74) is 2.37. The van der Waals surface area contributed by atoms with Crippen LogP contribution in [0.15, 0.2) is 24.3 Å². The minimum absolute atomic E-state index is 0.0846. The van der Waals surface area contributed by atoms with Gasteiger partial charge in [0.1, 0.15) is 16.7 Å². The van der Waals surface area contributed by atoms with E-state index in [9.17, 15) is 4.79 Å². The number of rotatable bonds is 6. The number of nitrogens with zero attached hydrogens (tertiary/aromatic N) is 2. The molecule has 23 heavy (non-hydrogen) atoms. The van der Waals surface area contributed by atoms with Crippen LogP contribution >= 0.6 is 11.6 Å². The maximum absolute atomic E-state index is 11.6. The molecule has 0 radical (unpaired) electrons. The molecule has 0 spiro atoms. The van der Waals surface area contributed by atoms with Crippen molar-refractivity contribution < 1.29 is 14.3 Å². The van der Waals surface area contributed by atoms with Crippen LogP contribution in [0.3, 0.4) is 0 Å². The lowest BCUT2D eigenvalue weighted by molar-refractivity contribution is -0.142. The number of carbonyl (C=O) groups excluding carboxylic acids is 1. The summed E-state index contributed by atoms with van der Waals surface area (Å²) in [5, 5.41) is 0.300. The maximum Gasteiger partial charge on any atom is 0.310 e. The van der Waals surface area contributed by atoms with Gasteiger partial charge in [0.05, 0.1) is 20.1 Å². The fourth-order valence-electron chi connectivity index (χ4n) is 2.18. The van der Waals surface area contributed by atoms with Gasteiger partial charge in [-0.25, -0.2) is 9.97 Å². The third kappa shape index (κ3) is 4.66. The number of benzene rings is 1. The summed E-state index contributed by atoms with van der Waals surface area (Å²) in [6.45, 7) is 3.92. The van der Waals surface area contributed by atoms with E-state index < -0.39 is 0 Å². The summed E-state index contributed by atoms with van der Waals surface area (Å²) in [6.07, 6.45) is 0.644. The van der Waals surface area contributed by atoms with Gasteiger partial charge in [-0.15, -0.1) is 0 Å². The molecule has 1 aromatic heterocycles. The largest absolute Gasteiger partial charge is 0.497 e. The molecule has 0 aliphatic heterocycles. The first-order chi connectivity index (χ1) is 11.0. The van der Waals surface area contributed by atoms with Crippen molar-refractivity contribution in [1.82, 2.24) is 9.97 Å². The van der Waals surface area contributed by atoms with E-state index in [1.807, 2.05) is 31.2 Å². The summed E-state index contributed by atoms with van der Waals surface area (Å²) < 4.78 is 10.1. The van der Waals surface area contributed by atoms with Crippen molar-refractivity contribution >= 4 is 17.6 Å². The smallest absolute Gasteiger partial charge is 0.310 e. The van der Waals surface area contributed by atoms with Gasteiger partial charge < -0.3 is 9.47 Å². The average Bonchev–Trinajstić information content (AvgIpc) is 2.52. The zero-order valence-corrected chi connectivity index (χ0v) is 14.2. The summed E-state index contributed by atoms with van der Waals surface area (Å²) in [4.78, 5) is 20.4. The molecule has 0 aliphatic carbocycles. The Balaban J connectivity index is 2.16. The van der Waals surface area contributed by atoms with E-state index >= 15 is 0 Å². The summed E-state index contributed by atoms with van der Waals surface area (Å²) in [6, 6.07) is 7.69. The van der Waals surface area contributed by atoms with E-state index in [1.165, 1.54) is 0 Å². The second-order valence-electron chi connectivity index (χ2n) is 5.00. The molecule has 2 aromatic rings. The van der Waals surface area contributed by atoms with Crippen LogP contribution in [0.2, 0.25) is 5.15 Å². The predicted molar refractivity (Wildman–Crippen MR) is 87.9 cm³/mol. The molecule has 0 fully saturated rings. The summed E-state index contributed by atoms with van der Waals surface area (Å²) >= 11 is 6.21. The number of hydrogen-bond donors (Lipinski definition) is 0. The molecule has 0 amide bonds. The first-order valence-electron chi connectivity index (χ1n) is 7.34. The van der Waals surface area contributed by atoms with Gasteiger partial charge in [-0.2, -0.15) is 0 Å². The lowest BCUT2D eigenvalue weighted by Gasteiger charge is -2.09. The molecule has 0 saturated heterocycles. The molecule has 0 N–H and O–H groups in total. The molecule has 0 bridgehead atoms. The second-order valence-corrected chi connectivity index (χ2v) is 5.36. The highest BCUT2D eigenvalue weighted by Crippen LogP contribution is 2.20. The van der Waals surface area contributed by atoms with Crippen LogP contribution in [0.1, 0.15) is 29.6 Å². The zero-order valence-electron chi connectivity index (χ0n) is 13.4. The number of ether oxygens (including phenoxy) is 2. The third-order valence-electron chi connectivity index (χ3n) is 3.36. The Morgan fingerprint density at radius 1 is 1.22 bits per heavy atom. The van der Waals surface area contributed by atoms with E-state index in [-0.39, 0.29) is 12.4 Å². The minimum atomic E-state index is -0.330. The second kappa shape index (κ2) is 7.92. The number of esters is 1. The van der Waals surface area contributed by atoms with Crippen molar-refractivity contribution in [2.75, 3.05) is 13.7 Å². The highest BCUT2D eigenvalue weighted by Gasteiger charge is 2.14. The van der Waals surface area contributed by atoms with Crippen LogP contribution in [0.4, 0.5) is 0 Å². The van der Waals surface area contributed by atoms with Gasteiger partial charge in [0.2, 0.25) is 0 Å². The molecule has 122 valence electrons. The molecule has 5 nitrogen and oxygen atoms in total. The Hall–Kier alpha value is -2.14. The first kappa shape index (κ1) is 17.2. The lowest BCUT2D eigenvalue weighted by atomic mass is 10.1. The van der Waals surface area contributed by atoms with E-state index in [4.69, 9.17) is 21.1 Å². The fraction of sp³-hybridized carbons (Fsp3) is 0.353. The van der Waals surface area contributed by atoms with Gasteiger partial charge in [0.25, 0.3) is 0 Å². The fourth-order valence-corrected chi connectivity index (χ4v) is 2.48. The van der Waals surface area contributed by atoms with Gasteiger partial charge in [0, 0.05) is 17.7 Å². The van der Waals surface area contributed by atoms with E-state index in [2.05, 4.69) is 9.97 Å². The average molecular weight is 335 g/mol. The molecular formula is C17H19ClN2O3. The van der Waals surface area contributed by atoms with Crippen LogP contribution in [-0.2, 0) is 22.4 Å². The molecule has 0 atom stereocenters. The maximum atomic E-state index is 11.6. The topological polar surface area (TPSA) is 61.3 Å². The van der Waals surface area contributed by atoms with Crippen LogP contribution in [0.25, 0.3) is 0 Å². The molecule has 0 saturated carbocycles. The van der Waals surface area contributed by atoms with Gasteiger partial charge >= 0.3 is 5.97 Å². The Bertz CT molecular complexity index is 664. The van der Waals surface area contributed by atoms with Crippen molar-refractivity contribution in [1.29, 1.82) is 0 Å². The quantitative estimate of drug-likeness (QED) is 0.600.